The molecule has 1 aromatic rings. The molecule has 0 aliphatic heterocycles. The van der Waals surface area contributed by atoms with Crippen molar-refractivity contribution >= 4 is 5.69 Å². The Hall–Kier alpha value is 0.480. The first-order chi connectivity index (χ1) is 7.99. The summed E-state index contributed by atoms with van der Waals surface area (Å²) in [6.07, 6.45) is 1.16. The summed E-state index contributed by atoms with van der Waals surface area (Å²) in [5, 5.41) is 0. The van der Waals surface area contributed by atoms with Crippen LogP contribution in [0.3, 0.4) is 0 Å². The van der Waals surface area contributed by atoms with Crippen molar-refractivity contribution in [3.63, 3.8) is 0 Å². The molecular formula is C14H23I2N-2. The Morgan fingerprint density at radius 3 is 2.00 bits per heavy atom. The van der Waals surface area contributed by atoms with E-state index in [9.17, 15) is 0 Å². The van der Waals surface area contributed by atoms with Gasteiger partial charge >= 0.3 is 128 Å². The van der Waals surface area contributed by atoms with Crippen LogP contribution in [0.15, 0.2) is 0 Å². The zero-order chi connectivity index (χ0) is 13.2. The van der Waals surface area contributed by atoms with Crippen molar-refractivity contribution in [1.82, 2.24) is 0 Å². The van der Waals surface area contributed by atoms with Gasteiger partial charge in [0.25, 0.3) is 0 Å². The van der Waals surface area contributed by atoms with E-state index in [-0.39, 0.29) is 42.4 Å². The Balaban J connectivity index is 3.68. The van der Waals surface area contributed by atoms with E-state index in [1.54, 1.807) is 9.13 Å². The van der Waals surface area contributed by atoms with Gasteiger partial charge in [0.2, 0.25) is 0 Å². The Morgan fingerprint density at radius 1 is 1.12 bits per heavy atom. The Bertz CT molecular complexity index is 411. The molecule has 100 valence electrons. The van der Waals surface area contributed by atoms with E-state index < -0.39 is 0 Å². The number of benzene rings is 1. The van der Waals surface area contributed by atoms with Crippen molar-refractivity contribution in [1.29, 1.82) is 0 Å². The van der Waals surface area contributed by atoms with Gasteiger partial charge in [0, 0.05) is 0 Å². The zero-order valence-electron chi connectivity index (χ0n) is 11.6. The number of halogens is 2. The molecule has 0 heterocycles. The van der Waals surface area contributed by atoms with E-state index in [2.05, 4.69) is 37.6 Å². The van der Waals surface area contributed by atoms with Gasteiger partial charge in [0.05, 0.1) is 0 Å². The van der Waals surface area contributed by atoms with Gasteiger partial charge in [-0.1, -0.05) is 0 Å². The van der Waals surface area contributed by atoms with Crippen molar-refractivity contribution in [2.24, 2.45) is 0 Å². The predicted octanol–water partition coefficient (Wildman–Crippen LogP) is -2.96. The van der Waals surface area contributed by atoms with Gasteiger partial charge < -0.3 is 0 Å². The predicted molar refractivity (Wildman–Crippen MR) is 68.3 cm³/mol. The number of nitrogens with two attached hydrogens (primary N) is 1. The van der Waals surface area contributed by atoms with Gasteiger partial charge in [-0.3, -0.25) is 0 Å². The molecule has 0 saturated heterocycles. The van der Waals surface area contributed by atoms with Gasteiger partial charge in [-0.05, 0) is 0 Å². The average molecular weight is 459 g/mol. The summed E-state index contributed by atoms with van der Waals surface area (Å²) in [5.41, 5.74) is 12.0. The standard InChI is InChI=1S/C14H23I2N/c1-7-10-11(8(2)3)9(4)14(17)13(16-6)12(10)15-5/h8H,7,17H2,1-6H3/q-2. The summed E-state index contributed by atoms with van der Waals surface area (Å²) in [6, 6.07) is 0. The molecule has 0 amide bonds. The molecule has 1 aromatic carbocycles. The van der Waals surface area contributed by atoms with Gasteiger partial charge in [-0.15, -0.1) is 0 Å². The Labute approximate surface area is 126 Å². The molecule has 0 aromatic heterocycles. The van der Waals surface area contributed by atoms with Crippen LogP contribution in [0.1, 0.15) is 43.4 Å². The number of hydrogen-bond donors (Lipinski definition) is 1. The third-order valence-corrected chi connectivity index (χ3v) is 8.64. The molecule has 1 rings (SSSR count). The molecule has 3 heteroatoms. The van der Waals surface area contributed by atoms with Crippen LogP contribution in [0.5, 0.6) is 0 Å². The molecule has 0 saturated carbocycles. The van der Waals surface area contributed by atoms with Gasteiger partial charge in [0.1, 0.15) is 0 Å². The van der Waals surface area contributed by atoms with Crippen molar-refractivity contribution in [2.45, 2.75) is 40.0 Å². The Kier molecular flexibility index (Phi) is 6.02. The van der Waals surface area contributed by atoms with E-state index in [4.69, 9.17) is 5.73 Å². The first kappa shape index (κ1) is 15.5. The SMILES string of the molecule is CCc1c([I-]C)c([I-]C)c(N)c(C)c1C(C)C. The van der Waals surface area contributed by atoms with Crippen LogP contribution >= 0.6 is 0 Å². The van der Waals surface area contributed by atoms with Gasteiger partial charge in [0.15, 0.2) is 0 Å². The second kappa shape index (κ2) is 6.59. The molecule has 1 nitrogen and oxygen atoms in total. The molecule has 0 aliphatic rings. The summed E-state index contributed by atoms with van der Waals surface area (Å²) in [7, 11) is 0. The first-order valence-electron chi connectivity index (χ1n) is 5.93. The second-order valence-corrected chi connectivity index (χ2v) is 8.76. The summed E-state index contributed by atoms with van der Waals surface area (Å²) in [5.74, 6) is 0.589. The molecule has 0 spiro atoms. The third-order valence-electron chi connectivity index (χ3n) is 3.14. The fourth-order valence-electron chi connectivity index (χ4n) is 2.41. The van der Waals surface area contributed by atoms with Crippen molar-refractivity contribution in [3.8, 4) is 0 Å². The van der Waals surface area contributed by atoms with E-state index in [1.807, 2.05) is 0 Å². The van der Waals surface area contributed by atoms with Crippen molar-refractivity contribution < 1.29 is 42.4 Å². The molecule has 0 fully saturated rings. The zero-order valence-corrected chi connectivity index (χ0v) is 15.9. The Morgan fingerprint density at radius 2 is 1.65 bits per heavy atom. The monoisotopic (exact) mass is 459 g/mol. The topological polar surface area (TPSA) is 26.0 Å². The minimum atomic E-state index is 0.0898. The normalized spacial score (nSPS) is 11.7. The van der Waals surface area contributed by atoms with Crippen molar-refractivity contribution in [2.75, 3.05) is 15.6 Å². The van der Waals surface area contributed by atoms with E-state index in [0.29, 0.717) is 5.92 Å². The van der Waals surface area contributed by atoms with Gasteiger partial charge in [-0.2, -0.15) is 0 Å². The fraction of sp³-hybridized carbons (Fsp3) is 0.571. The molecule has 2 N–H and O–H groups in total. The maximum atomic E-state index is 6.38. The quantitative estimate of drug-likeness (QED) is 0.291. The number of hydrogen-bond acceptors (Lipinski definition) is 1. The average Bonchev–Trinajstić information content (AvgIpc) is 2.30. The molecule has 0 aliphatic carbocycles. The number of alkyl halides is 2. The van der Waals surface area contributed by atoms with E-state index in [0.717, 1.165) is 12.1 Å². The first-order valence-corrected chi connectivity index (χ1v) is 12.4. The summed E-state index contributed by atoms with van der Waals surface area (Å²) < 4.78 is 3.20. The molecule has 0 radical (unpaired) electrons. The fourth-order valence-corrected chi connectivity index (χ4v) is 9.02. The van der Waals surface area contributed by atoms with E-state index in [1.165, 1.54) is 14.7 Å². The molecule has 0 unspecified atom stereocenters. The van der Waals surface area contributed by atoms with Crippen LogP contribution in [0.2, 0.25) is 0 Å². The molecular weight excluding hydrogens is 436 g/mol. The number of nitrogen functional groups attached to an aromatic ring is 1. The summed E-state index contributed by atoms with van der Waals surface area (Å²) in [6.45, 7) is 9.08. The van der Waals surface area contributed by atoms with Crippen LogP contribution in [0, 0.1) is 14.1 Å². The summed E-state index contributed by atoms with van der Waals surface area (Å²) >= 11 is 0.219. The minimum absolute atomic E-state index is 0.0898. The number of rotatable bonds is 4. The third kappa shape index (κ3) is 2.91. The number of anilines is 1. The van der Waals surface area contributed by atoms with Crippen LogP contribution in [-0.2, 0) is 6.42 Å². The van der Waals surface area contributed by atoms with Crippen LogP contribution in [0.4, 0.5) is 5.69 Å². The maximum absolute atomic E-state index is 6.38. The second-order valence-electron chi connectivity index (χ2n) is 4.45. The van der Waals surface area contributed by atoms with Crippen LogP contribution in [-0.4, -0.2) is 9.86 Å². The van der Waals surface area contributed by atoms with E-state index >= 15 is 0 Å². The summed E-state index contributed by atoms with van der Waals surface area (Å²) in [4.78, 5) is 4.70. The van der Waals surface area contributed by atoms with Crippen LogP contribution in [0.25, 0.3) is 0 Å². The molecule has 0 bridgehead atoms. The molecule has 0 atom stereocenters. The van der Waals surface area contributed by atoms with Crippen molar-refractivity contribution in [3.05, 3.63) is 23.8 Å². The van der Waals surface area contributed by atoms with Gasteiger partial charge in [-0.25, -0.2) is 0 Å². The molecule has 17 heavy (non-hydrogen) atoms. The van der Waals surface area contributed by atoms with Crippen LogP contribution < -0.4 is 48.1 Å².